The number of hydrogen-bond acceptors (Lipinski definition) is 4. The van der Waals surface area contributed by atoms with Crippen LogP contribution in [0.3, 0.4) is 0 Å². The number of pyridine rings is 2. The quantitative estimate of drug-likeness (QED) is 0.626. The highest BCUT2D eigenvalue weighted by molar-refractivity contribution is 5.96. The molecule has 1 aliphatic rings. The van der Waals surface area contributed by atoms with Crippen molar-refractivity contribution in [2.75, 3.05) is 7.11 Å². The van der Waals surface area contributed by atoms with Crippen molar-refractivity contribution in [3.63, 3.8) is 0 Å². The average molecular weight is 357 g/mol. The summed E-state index contributed by atoms with van der Waals surface area (Å²) in [6, 6.07) is 5.86. The summed E-state index contributed by atoms with van der Waals surface area (Å²) in [6.07, 6.45) is 3.38. The van der Waals surface area contributed by atoms with E-state index in [0.717, 1.165) is 24.2 Å². The maximum atomic E-state index is 12.8. The Morgan fingerprint density at radius 2 is 2.12 bits per heavy atom. The van der Waals surface area contributed by atoms with Crippen molar-refractivity contribution in [3.8, 4) is 5.75 Å². The Morgan fingerprint density at radius 3 is 2.81 bits per heavy atom. The Hall–Kier alpha value is -2.83. The van der Waals surface area contributed by atoms with Gasteiger partial charge in [-0.3, -0.25) is 4.79 Å². The van der Waals surface area contributed by atoms with Crippen LogP contribution in [0.4, 0.5) is 8.78 Å². The second-order valence-corrected chi connectivity index (χ2v) is 6.42. The van der Waals surface area contributed by atoms with E-state index in [2.05, 4.69) is 9.97 Å². The lowest BCUT2D eigenvalue weighted by Crippen LogP contribution is -2.09. The van der Waals surface area contributed by atoms with E-state index >= 15 is 0 Å². The number of ether oxygens (including phenoxy) is 1. The molecule has 1 aliphatic carbocycles. The van der Waals surface area contributed by atoms with Crippen LogP contribution in [0, 0.1) is 0 Å². The van der Waals surface area contributed by atoms with E-state index in [9.17, 15) is 13.6 Å². The van der Waals surface area contributed by atoms with Gasteiger partial charge in [0.25, 0.3) is 6.43 Å². The third-order valence-electron chi connectivity index (χ3n) is 4.50. The number of ketones is 1. The second-order valence-electron chi connectivity index (χ2n) is 6.42. The van der Waals surface area contributed by atoms with E-state index in [1.807, 2.05) is 16.8 Å². The Labute approximate surface area is 148 Å². The number of nitrogens with zero attached hydrogens (tertiary/aromatic N) is 3. The van der Waals surface area contributed by atoms with Crippen LogP contribution in [0.5, 0.6) is 5.75 Å². The number of alkyl halides is 2. The van der Waals surface area contributed by atoms with E-state index in [-0.39, 0.29) is 17.9 Å². The summed E-state index contributed by atoms with van der Waals surface area (Å²) in [7, 11) is 1.53. The van der Waals surface area contributed by atoms with Crippen LogP contribution in [0.1, 0.15) is 52.6 Å². The molecule has 0 saturated heterocycles. The maximum absolute atomic E-state index is 12.8. The number of hydrogen-bond donors (Lipinski definition) is 0. The summed E-state index contributed by atoms with van der Waals surface area (Å²) >= 11 is 0. The third kappa shape index (κ3) is 3.16. The lowest BCUT2D eigenvalue weighted by molar-refractivity contribution is 0.0985. The van der Waals surface area contributed by atoms with Crippen molar-refractivity contribution in [2.24, 2.45) is 0 Å². The number of imidazole rings is 1. The summed E-state index contributed by atoms with van der Waals surface area (Å²) in [6.45, 7) is 0. The smallest absolute Gasteiger partial charge is 0.280 e. The largest absolute Gasteiger partial charge is 0.496 e. The molecule has 3 heterocycles. The molecule has 0 aliphatic heterocycles. The molecule has 1 fully saturated rings. The molecule has 0 radical (unpaired) electrons. The molecule has 3 aromatic rings. The van der Waals surface area contributed by atoms with Gasteiger partial charge in [0.1, 0.15) is 22.8 Å². The first-order chi connectivity index (χ1) is 12.5. The number of rotatable bonds is 6. The van der Waals surface area contributed by atoms with E-state index in [4.69, 9.17) is 4.74 Å². The van der Waals surface area contributed by atoms with Gasteiger partial charge in [-0.05, 0) is 25.0 Å². The van der Waals surface area contributed by atoms with E-state index in [0.29, 0.717) is 17.2 Å². The van der Waals surface area contributed by atoms with Crippen LogP contribution in [0.2, 0.25) is 0 Å². The number of halogens is 2. The first-order valence-electron chi connectivity index (χ1n) is 8.39. The van der Waals surface area contributed by atoms with Gasteiger partial charge in [0, 0.05) is 36.4 Å². The molecule has 134 valence electrons. The van der Waals surface area contributed by atoms with E-state index in [1.165, 1.54) is 25.3 Å². The molecule has 0 atom stereocenters. The van der Waals surface area contributed by atoms with Crippen molar-refractivity contribution in [1.29, 1.82) is 0 Å². The molecule has 4 rings (SSSR count). The summed E-state index contributed by atoms with van der Waals surface area (Å²) < 4.78 is 32.9. The van der Waals surface area contributed by atoms with Crippen LogP contribution in [-0.2, 0) is 6.42 Å². The standard InChI is InChI=1S/C19H17F2N3O2/c1-26-17-8-18-23-15(11-5-6-11)10-24(18)9-12(17)7-16(25)13-3-2-4-14(22-13)19(20)21/h2-4,8-11,19H,5-7H2,1H3. The predicted octanol–water partition coefficient (Wildman–Crippen LogP) is 3.98. The Bertz CT molecular complexity index is 980. The molecule has 26 heavy (non-hydrogen) atoms. The topological polar surface area (TPSA) is 56.5 Å². The highest BCUT2D eigenvalue weighted by Crippen LogP contribution is 2.39. The Balaban J connectivity index is 1.64. The third-order valence-corrected chi connectivity index (χ3v) is 4.50. The molecule has 1 saturated carbocycles. The minimum atomic E-state index is -2.71. The predicted molar refractivity (Wildman–Crippen MR) is 90.9 cm³/mol. The molecule has 0 aromatic carbocycles. The Kier molecular flexibility index (Phi) is 4.14. The van der Waals surface area contributed by atoms with Crippen molar-refractivity contribution in [1.82, 2.24) is 14.4 Å². The average Bonchev–Trinajstić information content (AvgIpc) is 3.41. The zero-order valence-corrected chi connectivity index (χ0v) is 14.2. The number of fused-ring (bicyclic) bond motifs is 1. The van der Waals surface area contributed by atoms with E-state index < -0.39 is 12.1 Å². The fourth-order valence-corrected chi connectivity index (χ4v) is 2.97. The fraction of sp³-hybridized carbons (Fsp3) is 0.316. The lowest BCUT2D eigenvalue weighted by Gasteiger charge is -2.09. The second kappa shape index (κ2) is 6.48. The number of methoxy groups -OCH3 is 1. The van der Waals surface area contributed by atoms with Crippen LogP contribution < -0.4 is 4.74 Å². The molecular formula is C19H17F2N3O2. The van der Waals surface area contributed by atoms with Crippen molar-refractivity contribution >= 4 is 11.4 Å². The number of Topliss-reactive ketones (excluding diaryl/α,β-unsaturated/α-hetero) is 1. The van der Waals surface area contributed by atoms with Gasteiger partial charge in [0.2, 0.25) is 0 Å². The molecular weight excluding hydrogens is 340 g/mol. The summed E-state index contributed by atoms with van der Waals surface area (Å²) in [5.74, 6) is 0.726. The molecule has 5 nitrogen and oxygen atoms in total. The minimum absolute atomic E-state index is 0.00967. The SMILES string of the molecule is COc1cc2nc(C3CC3)cn2cc1CC(=O)c1cccc(C(F)F)n1. The number of aromatic nitrogens is 3. The van der Waals surface area contributed by atoms with Gasteiger partial charge >= 0.3 is 0 Å². The summed E-state index contributed by atoms with van der Waals surface area (Å²) in [5.41, 5.74) is 2.09. The molecule has 3 aromatic heterocycles. The highest BCUT2D eigenvalue weighted by atomic mass is 19.3. The number of carbonyl (C=O) groups excluding carboxylic acids is 1. The highest BCUT2D eigenvalue weighted by Gasteiger charge is 2.26. The molecule has 0 spiro atoms. The van der Waals surface area contributed by atoms with Crippen molar-refractivity contribution < 1.29 is 18.3 Å². The van der Waals surface area contributed by atoms with E-state index in [1.54, 1.807) is 6.07 Å². The summed E-state index contributed by atoms with van der Waals surface area (Å²) in [5, 5.41) is 0. The molecule has 0 N–H and O–H groups in total. The number of carbonyl (C=O) groups is 1. The first-order valence-corrected chi connectivity index (χ1v) is 8.39. The zero-order valence-electron chi connectivity index (χ0n) is 14.2. The van der Waals surface area contributed by atoms with Crippen molar-refractivity contribution in [3.05, 3.63) is 59.3 Å². The first kappa shape index (κ1) is 16.6. The molecule has 0 unspecified atom stereocenters. The molecule has 0 amide bonds. The Morgan fingerprint density at radius 1 is 1.31 bits per heavy atom. The zero-order chi connectivity index (χ0) is 18.3. The summed E-state index contributed by atoms with van der Waals surface area (Å²) in [4.78, 5) is 20.9. The van der Waals surface area contributed by atoms with Crippen molar-refractivity contribution in [2.45, 2.75) is 31.6 Å². The van der Waals surface area contributed by atoms with Gasteiger partial charge in [0.15, 0.2) is 5.78 Å². The van der Waals surface area contributed by atoms with Gasteiger partial charge < -0.3 is 9.14 Å². The maximum Gasteiger partial charge on any atom is 0.280 e. The molecule has 7 heteroatoms. The van der Waals surface area contributed by atoms with Gasteiger partial charge in [-0.2, -0.15) is 0 Å². The van der Waals surface area contributed by atoms with Gasteiger partial charge in [-0.15, -0.1) is 0 Å². The van der Waals surface area contributed by atoms with Crippen LogP contribution in [0.25, 0.3) is 5.65 Å². The van der Waals surface area contributed by atoms with Crippen LogP contribution in [0.15, 0.2) is 36.7 Å². The fourth-order valence-electron chi connectivity index (χ4n) is 2.97. The van der Waals surface area contributed by atoms with Gasteiger partial charge in [-0.1, -0.05) is 6.07 Å². The van der Waals surface area contributed by atoms with Crippen LogP contribution in [-0.4, -0.2) is 27.3 Å². The monoisotopic (exact) mass is 357 g/mol. The van der Waals surface area contributed by atoms with Gasteiger partial charge in [-0.25, -0.2) is 18.7 Å². The van der Waals surface area contributed by atoms with Gasteiger partial charge in [0.05, 0.1) is 12.8 Å². The lowest BCUT2D eigenvalue weighted by atomic mass is 10.1. The minimum Gasteiger partial charge on any atom is -0.496 e. The normalized spacial score (nSPS) is 14.2. The van der Waals surface area contributed by atoms with Crippen LogP contribution >= 0.6 is 0 Å². The molecule has 0 bridgehead atoms.